The molecule has 140 valence electrons. The molecule has 1 aromatic carbocycles. The van der Waals surface area contributed by atoms with E-state index in [0.717, 1.165) is 49.2 Å². The first-order valence-corrected chi connectivity index (χ1v) is 10.4. The molecule has 1 saturated carbocycles. The lowest BCUT2D eigenvalue weighted by Crippen LogP contribution is -2.26. The fourth-order valence-corrected chi connectivity index (χ4v) is 4.17. The molecule has 0 atom stereocenters. The van der Waals surface area contributed by atoms with Crippen LogP contribution in [0.2, 0.25) is 0 Å². The molecular formula is C19H26N4O2S. The highest BCUT2D eigenvalue weighted by molar-refractivity contribution is 7.93. The van der Waals surface area contributed by atoms with E-state index in [4.69, 9.17) is 0 Å². The van der Waals surface area contributed by atoms with Gasteiger partial charge in [-0.1, -0.05) is 12.1 Å². The van der Waals surface area contributed by atoms with Crippen molar-refractivity contribution in [2.24, 2.45) is 0 Å². The Morgan fingerprint density at radius 2 is 1.88 bits per heavy atom. The maximum atomic E-state index is 12.0. The maximum Gasteiger partial charge on any atom is 0.235 e. The second kappa shape index (κ2) is 8.16. The molecule has 1 fully saturated rings. The van der Waals surface area contributed by atoms with Gasteiger partial charge in [-0.15, -0.1) is 0 Å². The van der Waals surface area contributed by atoms with E-state index in [1.807, 2.05) is 31.6 Å². The number of sulfonamides is 1. The van der Waals surface area contributed by atoms with E-state index in [9.17, 15) is 8.42 Å². The number of hydrogen-bond donors (Lipinski definition) is 2. The van der Waals surface area contributed by atoms with Crippen LogP contribution in [0.1, 0.15) is 18.4 Å². The summed E-state index contributed by atoms with van der Waals surface area (Å²) in [4.78, 5) is 6.60. The molecule has 0 aliphatic heterocycles. The van der Waals surface area contributed by atoms with E-state index < -0.39 is 10.0 Å². The van der Waals surface area contributed by atoms with Gasteiger partial charge in [0.25, 0.3) is 0 Å². The van der Waals surface area contributed by atoms with Crippen LogP contribution >= 0.6 is 0 Å². The summed E-state index contributed by atoms with van der Waals surface area (Å²) >= 11 is 0. The lowest BCUT2D eigenvalue weighted by atomic mass is 10.1. The summed E-state index contributed by atoms with van der Waals surface area (Å²) < 4.78 is 26.7. The third-order valence-corrected chi connectivity index (χ3v) is 6.30. The molecule has 2 N–H and O–H groups in total. The monoisotopic (exact) mass is 374 g/mol. The normalized spacial score (nSPS) is 14.6. The van der Waals surface area contributed by atoms with Crippen molar-refractivity contribution in [3.63, 3.8) is 0 Å². The minimum Gasteiger partial charge on any atom is -0.318 e. The largest absolute Gasteiger partial charge is 0.318 e. The molecule has 7 heteroatoms. The number of likely N-dealkylation sites (N-methyl/N-ethyl adjacent to an activating group) is 2. The van der Waals surface area contributed by atoms with E-state index >= 15 is 0 Å². The number of nitrogens with zero attached hydrogens (tertiary/aromatic N) is 2. The predicted molar refractivity (Wildman–Crippen MR) is 105 cm³/mol. The molecule has 1 aromatic heterocycles. The van der Waals surface area contributed by atoms with Crippen LogP contribution in [0, 0.1) is 0 Å². The fourth-order valence-electron chi connectivity index (χ4n) is 2.78. The van der Waals surface area contributed by atoms with Crippen LogP contribution in [0.4, 0.5) is 5.69 Å². The molecule has 26 heavy (non-hydrogen) atoms. The summed E-state index contributed by atoms with van der Waals surface area (Å²) in [5, 5.41) is 2.93. The average molecular weight is 375 g/mol. The summed E-state index contributed by atoms with van der Waals surface area (Å²) in [5.41, 5.74) is 3.81. The van der Waals surface area contributed by atoms with Gasteiger partial charge in [0, 0.05) is 43.3 Å². The lowest BCUT2D eigenvalue weighted by Gasteiger charge is -2.16. The quantitative estimate of drug-likeness (QED) is 0.705. The third-order valence-electron chi connectivity index (χ3n) is 4.43. The fraction of sp³-hybridized carbons (Fsp3) is 0.421. The number of anilines is 1. The Morgan fingerprint density at radius 3 is 2.54 bits per heavy atom. The minimum atomic E-state index is -3.22. The zero-order valence-corrected chi connectivity index (χ0v) is 16.1. The van der Waals surface area contributed by atoms with Crippen molar-refractivity contribution in [3.05, 3.63) is 48.3 Å². The number of hydrogen-bond acceptors (Lipinski definition) is 5. The van der Waals surface area contributed by atoms with Gasteiger partial charge >= 0.3 is 0 Å². The highest BCUT2D eigenvalue weighted by Gasteiger charge is 2.35. The highest BCUT2D eigenvalue weighted by atomic mass is 32.2. The average Bonchev–Trinajstić information content (AvgIpc) is 3.46. The van der Waals surface area contributed by atoms with Crippen LogP contribution in [-0.4, -0.2) is 50.7 Å². The first kappa shape index (κ1) is 18.8. The van der Waals surface area contributed by atoms with Gasteiger partial charge in [-0.3, -0.25) is 9.71 Å². The van der Waals surface area contributed by atoms with E-state index in [1.165, 1.54) is 0 Å². The first-order chi connectivity index (χ1) is 12.5. The van der Waals surface area contributed by atoms with E-state index in [0.29, 0.717) is 5.69 Å². The van der Waals surface area contributed by atoms with Crippen LogP contribution in [0.25, 0.3) is 11.1 Å². The van der Waals surface area contributed by atoms with Crippen molar-refractivity contribution in [1.29, 1.82) is 0 Å². The Kier molecular flexibility index (Phi) is 5.90. The summed E-state index contributed by atoms with van der Waals surface area (Å²) in [7, 11) is 0.818. The standard InChI is InChI=1S/C19H26N4O2S/c1-20-9-10-23(2)14-15-11-17(13-21-12-15)16-3-5-18(6-4-16)22-26(24,25)19-7-8-19/h3-6,11-13,19-20,22H,7-10,14H2,1-2H3. The third kappa shape index (κ3) is 5.03. The van der Waals surface area contributed by atoms with Gasteiger partial charge in [-0.2, -0.15) is 0 Å². The number of rotatable bonds is 9. The van der Waals surface area contributed by atoms with Crippen molar-refractivity contribution >= 4 is 15.7 Å². The molecule has 0 amide bonds. The number of nitrogens with one attached hydrogen (secondary N) is 2. The summed E-state index contributed by atoms with van der Waals surface area (Å²) in [5.74, 6) is 0. The number of pyridine rings is 1. The first-order valence-electron chi connectivity index (χ1n) is 8.87. The number of benzene rings is 1. The van der Waals surface area contributed by atoms with Crippen LogP contribution in [0.15, 0.2) is 42.7 Å². The Morgan fingerprint density at radius 1 is 1.15 bits per heavy atom. The van der Waals surface area contributed by atoms with E-state index in [1.54, 1.807) is 12.1 Å². The van der Waals surface area contributed by atoms with Crippen molar-refractivity contribution in [1.82, 2.24) is 15.2 Å². The molecular weight excluding hydrogens is 348 g/mol. The van der Waals surface area contributed by atoms with Crippen molar-refractivity contribution in [2.45, 2.75) is 24.6 Å². The Labute approximate surface area is 155 Å². The van der Waals surface area contributed by atoms with Crippen molar-refractivity contribution < 1.29 is 8.42 Å². The van der Waals surface area contributed by atoms with Crippen molar-refractivity contribution in [3.8, 4) is 11.1 Å². The van der Waals surface area contributed by atoms with Gasteiger partial charge in [-0.25, -0.2) is 8.42 Å². The SMILES string of the molecule is CNCCN(C)Cc1cncc(-c2ccc(NS(=O)(=O)C3CC3)cc2)c1. The lowest BCUT2D eigenvalue weighted by molar-refractivity contribution is 0.328. The molecule has 2 aromatic rings. The number of aromatic nitrogens is 1. The van der Waals surface area contributed by atoms with Crippen molar-refractivity contribution in [2.75, 3.05) is 31.9 Å². The molecule has 0 unspecified atom stereocenters. The zero-order valence-electron chi connectivity index (χ0n) is 15.3. The van der Waals surface area contributed by atoms with E-state index in [2.05, 4.69) is 33.0 Å². The van der Waals surface area contributed by atoms with Crippen LogP contribution in [-0.2, 0) is 16.6 Å². The Bertz CT molecular complexity index is 833. The summed E-state index contributed by atoms with van der Waals surface area (Å²) in [6.45, 7) is 2.75. The Hall–Kier alpha value is -1.96. The zero-order chi connectivity index (χ0) is 18.6. The highest BCUT2D eigenvalue weighted by Crippen LogP contribution is 2.30. The van der Waals surface area contributed by atoms with E-state index in [-0.39, 0.29) is 5.25 Å². The van der Waals surface area contributed by atoms with Gasteiger partial charge in [-0.05, 0) is 56.3 Å². The molecule has 3 rings (SSSR count). The molecule has 0 saturated heterocycles. The predicted octanol–water partition coefficient (Wildman–Crippen LogP) is 2.30. The van der Waals surface area contributed by atoms with Crippen LogP contribution in [0.5, 0.6) is 0 Å². The van der Waals surface area contributed by atoms with Gasteiger partial charge in [0.05, 0.1) is 5.25 Å². The topological polar surface area (TPSA) is 74.3 Å². The van der Waals surface area contributed by atoms with Gasteiger partial charge < -0.3 is 10.2 Å². The molecule has 0 radical (unpaired) electrons. The smallest absolute Gasteiger partial charge is 0.235 e. The second-order valence-corrected chi connectivity index (χ2v) is 8.81. The molecule has 6 nitrogen and oxygen atoms in total. The second-order valence-electron chi connectivity index (χ2n) is 6.85. The maximum absolute atomic E-state index is 12.0. The van der Waals surface area contributed by atoms with Gasteiger partial charge in [0.15, 0.2) is 0 Å². The molecule has 0 spiro atoms. The van der Waals surface area contributed by atoms with Crippen LogP contribution < -0.4 is 10.0 Å². The molecule has 1 heterocycles. The summed E-state index contributed by atoms with van der Waals surface area (Å²) in [6.07, 6.45) is 5.24. The van der Waals surface area contributed by atoms with Gasteiger partial charge in [0.2, 0.25) is 10.0 Å². The summed E-state index contributed by atoms with van der Waals surface area (Å²) in [6, 6.07) is 9.60. The molecule has 1 aliphatic rings. The molecule has 0 bridgehead atoms. The molecule has 1 aliphatic carbocycles. The minimum absolute atomic E-state index is 0.219. The van der Waals surface area contributed by atoms with Gasteiger partial charge in [0.1, 0.15) is 0 Å². The Balaban J connectivity index is 1.68. The van der Waals surface area contributed by atoms with Crippen LogP contribution in [0.3, 0.4) is 0 Å².